The van der Waals surface area contributed by atoms with Crippen molar-refractivity contribution in [3.8, 4) is 11.8 Å². The van der Waals surface area contributed by atoms with Gasteiger partial charge in [0.1, 0.15) is 6.61 Å². The van der Waals surface area contributed by atoms with Gasteiger partial charge in [-0.2, -0.15) is 0 Å². The van der Waals surface area contributed by atoms with Gasteiger partial charge in [0, 0.05) is 19.2 Å². The number of nitrogens with one attached hydrogen (secondary N) is 1. The largest absolute Gasteiger partial charge is 0.384 e. The molecule has 0 saturated heterocycles. The van der Waals surface area contributed by atoms with E-state index < -0.39 is 0 Å². The predicted molar refractivity (Wildman–Crippen MR) is 80.8 cm³/mol. The molecule has 0 atom stereocenters. The second-order valence-corrected chi connectivity index (χ2v) is 4.60. The van der Waals surface area contributed by atoms with E-state index in [4.69, 9.17) is 5.11 Å². The molecule has 0 aliphatic rings. The number of carbonyl (C=O) groups is 2. The lowest BCUT2D eigenvalue weighted by Gasteiger charge is -2.15. The summed E-state index contributed by atoms with van der Waals surface area (Å²) in [6.07, 6.45) is 0. The fourth-order valence-corrected chi connectivity index (χ4v) is 1.66. The molecule has 0 aliphatic heterocycles. The number of amides is 2. The van der Waals surface area contributed by atoms with Crippen LogP contribution in [0.15, 0.2) is 18.2 Å². The number of hydrogen-bond acceptors (Lipinski definition) is 3. The number of rotatable bonds is 4. The summed E-state index contributed by atoms with van der Waals surface area (Å²) < 4.78 is 0. The van der Waals surface area contributed by atoms with Crippen molar-refractivity contribution < 1.29 is 14.7 Å². The van der Waals surface area contributed by atoms with Crippen LogP contribution in [-0.4, -0.2) is 48.6 Å². The molecule has 0 heterocycles. The van der Waals surface area contributed by atoms with Gasteiger partial charge in [0.25, 0.3) is 5.91 Å². The molecule has 0 radical (unpaired) electrons. The molecule has 1 aromatic carbocycles. The lowest BCUT2D eigenvalue weighted by molar-refractivity contribution is -0.128. The molecule has 0 spiro atoms. The van der Waals surface area contributed by atoms with Crippen LogP contribution in [0.1, 0.15) is 28.4 Å². The van der Waals surface area contributed by atoms with Crippen LogP contribution >= 0.6 is 0 Å². The predicted octanol–water partition coefficient (Wildman–Crippen LogP) is 0.547. The third-order valence-electron chi connectivity index (χ3n) is 3.02. The Morgan fingerprint density at radius 1 is 1.38 bits per heavy atom. The summed E-state index contributed by atoms with van der Waals surface area (Å²) >= 11 is 0. The minimum atomic E-state index is -0.352. The number of aryl methyl sites for hydroxylation is 1. The normalized spacial score (nSPS) is 9.52. The smallest absolute Gasteiger partial charge is 0.252 e. The molecule has 0 aromatic heterocycles. The van der Waals surface area contributed by atoms with Crippen LogP contribution in [0.5, 0.6) is 0 Å². The van der Waals surface area contributed by atoms with Crippen LogP contribution in [0.4, 0.5) is 0 Å². The molecule has 5 nitrogen and oxygen atoms in total. The molecule has 1 rings (SSSR count). The maximum atomic E-state index is 12.1. The van der Waals surface area contributed by atoms with Crippen LogP contribution in [-0.2, 0) is 4.79 Å². The number of nitrogens with zero attached hydrogens (tertiary/aromatic N) is 1. The summed E-state index contributed by atoms with van der Waals surface area (Å²) in [4.78, 5) is 25.3. The van der Waals surface area contributed by atoms with Crippen LogP contribution in [0.2, 0.25) is 0 Å². The van der Waals surface area contributed by atoms with E-state index in [-0.39, 0.29) is 25.0 Å². The molecule has 0 bridgehead atoms. The summed E-state index contributed by atoms with van der Waals surface area (Å²) in [6, 6.07) is 5.25. The molecule has 0 unspecified atom stereocenters. The van der Waals surface area contributed by atoms with Gasteiger partial charge in [-0.05, 0) is 31.5 Å². The summed E-state index contributed by atoms with van der Waals surface area (Å²) in [5.41, 5.74) is 1.90. The Balaban J connectivity index is 2.85. The molecule has 112 valence electrons. The van der Waals surface area contributed by atoms with Gasteiger partial charge in [0.05, 0.1) is 12.1 Å². The number of likely N-dealkylation sites (N-methyl/N-ethyl adjacent to an activating group) is 1. The lowest BCUT2D eigenvalue weighted by Crippen LogP contribution is -2.38. The Morgan fingerprint density at radius 2 is 2.10 bits per heavy atom. The van der Waals surface area contributed by atoms with Crippen molar-refractivity contribution in [1.29, 1.82) is 0 Å². The first kappa shape index (κ1) is 16.7. The monoisotopic (exact) mass is 288 g/mol. The quantitative estimate of drug-likeness (QED) is 0.795. The second kappa shape index (κ2) is 8.08. The third kappa shape index (κ3) is 4.93. The van der Waals surface area contributed by atoms with E-state index in [1.165, 1.54) is 4.90 Å². The first-order valence-electron chi connectivity index (χ1n) is 6.72. The molecular weight excluding hydrogens is 268 g/mol. The fourth-order valence-electron chi connectivity index (χ4n) is 1.66. The highest BCUT2D eigenvalue weighted by Crippen LogP contribution is 2.10. The van der Waals surface area contributed by atoms with Crippen molar-refractivity contribution in [1.82, 2.24) is 10.2 Å². The van der Waals surface area contributed by atoms with Crippen LogP contribution < -0.4 is 5.32 Å². The Bertz CT molecular complexity index is 585. The van der Waals surface area contributed by atoms with Gasteiger partial charge in [-0.1, -0.05) is 17.9 Å². The number of aliphatic hydroxyl groups excluding tert-OH is 1. The van der Waals surface area contributed by atoms with E-state index in [1.807, 2.05) is 13.8 Å². The van der Waals surface area contributed by atoms with Crippen LogP contribution in [0.25, 0.3) is 0 Å². The molecule has 0 saturated carbocycles. The Kier molecular flexibility index (Phi) is 6.44. The Morgan fingerprint density at radius 3 is 2.71 bits per heavy atom. The van der Waals surface area contributed by atoms with Gasteiger partial charge >= 0.3 is 0 Å². The maximum Gasteiger partial charge on any atom is 0.252 e. The highest BCUT2D eigenvalue weighted by atomic mass is 16.2. The highest BCUT2D eigenvalue weighted by Gasteiger charge is 2.13. The van der Waals surface area contributed by atoms with Gasteiger partial charge in [-0.15, -0.1) is 0 Å². The SMILES string of the molecule is CCN(C)C(=O)CNC(=O)c1ccc(C)cc1C#CCO. The van der Waals surface area contributed by atoms with E-state index in [1.54, 1.807) is 25.2 Å². The average molecular weight is 288 g/mol. The first-order valence-corrected chi connectivity index (χ1v) is 6.72. The van der Waals surface area contributed by atoms with Crippen LogP contribution in [0, 0.1) is 18.8 Å². The zero-order valence-corrected chi connectivity index (χ0v) is 12.6. The number of carbonyl (C=O) groups excluding carboxylic acids is 2. The number of benzene rings is 1. The van der Waals surface area contributed by atoms with Crippen molar-refractivity contribution >= 4 is 11.8 Å². The minimum Gasteiger partial charge on any atom is -0.384 e. The zero-order valence-electron chi connectivity index (χ0n) is 12.6. The van der Waals surface area contributed by atoms with E-state index in [0.717, 1.165) is 5.56 Å². The highest BCUT2D eigenvalue weighted by molar-refractivity contribution is 5.98. The average Bonchev–Trinajstić information content (AvgIpc) is 2.49. The van der Waals surface area contributed by atoms with Gasteiger partial charge < -0.3 is 15.3 Å². The summed E-state index contributed by atoms with van der Waals surface area (Å²) in [5, 5.41) is 11.4. The van der Waals surface area contributed by atoms with Gasteiger partial charge in [0.2, 0.25) is 5.91 Å². The van der Waals surface area contributed by atoms with Crippen molar-refractivity contribution in [2.45, 2.75) is 13.8 Å². The molecule has 2 amide bonds. The zero-order chi connectivity index (χ0) is 15.8. The Labute approximate surface area is 125 Å². The van der Waals surface area contributed by atoms with E-state index in [9.17, 15) is 9.59 Å². The third-order valence-corrected chi connectivity index (χ3v) is 3.02. The summed E-state index contributed by atoms with van der Waals surface area (Å²) in [6.45, 7) is 4.03. The molecule has 21 heavy (non-hydrogen) atoms. The molecular formula is C16H20N2O3. The number of aliphatic hydroxyl groups is 1. The molecule has 1 aromatic rings. The van der Waals surface area contributed by atoms with E-state index in [2.05, 4.69) is 17.2 Å². The maximum absolute atomic E-state index is 12.1. The molecule has 2 N–H and O–H groups in total. The summed E-state index contributed by atoms with van der Waals surface area (Å²) in [7, 11) is 1.68. The fraction of sp³-hybridized carbons (Fsp3) is 0.375. The lowest BCUT2D eigenvalue weighted by atomic mass is 10.0. The van der Waals surface area contributed by atoms with Crippen molar-refractivity contribution in [3.63, 3.8) is 0 Å². The molecule has 5 heteroatoms. The summed E-state index contributed by atoms with van der Waals surface area (Å²) in [5.74, 6) is 4.78. The van der Waals surface area contributed by atoms with Crippen molar-refractivity contribution in [2.24, 2.45) is 0 Å². The standard InChI is InChI=1S/C16H20N2O3/c1-4-18(3)15(20)11-17-16(21)14-8-7-12(2)10-13(14)6-5-9-19/h7-8,10,19H,4,9,11H2,1-3H3,(H,17,21). The second-order valence-electron chi connectivity index (χ2n) is 4.60. The van der Waals surface area contributed by atoms with Gasteiger partial charge in [-0.25, -0.2) is 0 Å². The van der Waals surface area contributed by atoms with E-state index >= 15 is 0 Å². The first-order chi connectivity index (χ1) is 9.99. The van der Waals surface area contributed by atoms with Gasteiger partial charge in [-0.3, -0.25) is 9.59 Å². The number of hydrogen-bond donors (Lipinski definition) is 2. The van der Waals surface area contributed by atoms with Crippen molar-refractivity contribution in [3.05, 3.63) is 34.9 Å². The Hall–Kier alpha value is -2.32. The van der Waals surface area contributed by atoms with Crippen molar-refractivity contribution in [2.75, 3.05) is 26.7 Å². The molecule has 0 fully saturated rings. The molecule has 0 aliphatic carbocycles. The van der Waals surface area contributed by atoms with E-state index in [0.29, 0.717) is 17.7 Å². The van der Waals surface area contributed by atoms with Crippen LogP contribution in [0.3, 0.4) is 0 Å². The van der Waals surface area contributed by atoms with Gasteiger partial charge in [0.15, 0.2) is 0 Å². The minimum absolute atomic E-state index is 0.0517. The topological polar surface area (TPSA) is 69.6 Å².